The Balaban J connectivity index is 1.81. The number of sulfonamides is 1. The third-order valence-corrected chi connectivity index (χ3v) is 6.38. The molecule has 1 saturated carbocycles. The first-order valence-electron chi connectivity index (χ1n) is 9.88. The Morgan fingerprint density at radius 3 is 2.38 bits per heavy atom. The van der Waals surface area contributed by atoms with E-state index < -0.39 is 10.0 Å². The van der Waals surface area contributed by atoms with Crippen LogP contribution in [-0.2, 0) is 14.8 Å². The SMILES string of the molecule is COc1cc2c(cc1OC)C1CCCCC1OC2c1cccc(NS(C)(=O)=O)c1. The van der Waals surface area contributed by atoms with Gasteiger partial charge in [-0.1, -0.05) is 25.0 Å². The van der Waals surface area contributed by atoms with Crippen molar-refractivity contribution in [3.63, 3.8) is 0 Å². The molecule has 0 saturated heterocycles. The van der Waals surface area contributed by atoms with Gasteiger partial charge in [0, 0.05) is 11.6 Å². The summed E-state index contributed by atoms with van der Waals surface area (Å²) in [5.74, 6) is 1.73. The van der Waals surface area contributed by atoms with Crippen LogP contribution in [0.1, 0.15) is 54.4 Å². The third kappa shape index (κ3) is 4.07. The molecule has 1 aliphatic heterocycles. The first-order chi connectivity index (χ1) is 13.9. The van der Waals surface area contributed by atoms with E-state index in [1.807, 2.05) is 24.3 Å². The first kappa shape index (κ1) is 20.0. The van der Waals surface area contributed by atoms with Gasteiger partial charge in [-0.2, -0.15) is 0 Å². The highest BCUT2D eigenvalue weighted by Gasteiger charge is 2.38. The quantitative estimate of drug-likeness (QED) is 0.788. The first-order valence-corrected chi connectivity index (χ1v) is 11.8. The number of rotatable bonds is 5. The molecule has 1 N–H and O–H groups in total. The summed E-state index contributed by atoms with van der Waals surface area (Å²) in [5, 5.41) is 0. The summed E-state index contributed by atoms with van der Waals surface area (Å²) in [6.45, 7) is 0. The van der Waals surface area contributed by atoms with Crippen LogP contribution in [0.25, 0.3) is 0 Å². The Labute approximate surface area is 172 Å². The topological polar surface area (TPSA) is 73.9 Å². The van der Waals surface area contributed by atoms with Crippen molar-refractivity contribution in [2.24, 2.45) is 0 Å². The zero-order valence-electron chi connectivity index (χ0n) is 17.0. The summed E-state index contributed by atoms with van der Waals surface area (Å²) >= 11 is 0. The molecule has 0 amide bonds. The monoisotopic (exact) mass is 417 g/mol. The lowest BCUT2D eigenvalue weighted by Gasteiger charge is -2.41. The molecule has 2 aliphatic rings. The van der Waals surface area contributed by atoms with Gasteiger partial charge in [0.25, 0.3) is 0 Å². The molecule has 0 bridgehead atoms. The van der Waals surface area contributed by atoms with E-state index in [0.717, 1.165) is 42.4 Å². The Hall–Kier alpha value is -2.25. The minimum absolute atomic E-state index is 0.144. The molecule has 4 rings (SSSR count). The number of ether oxygens (including phenoxy) is 3. The smallest absolute Gasteiger partial charge is 0.229 e. The van der Waals surface area contributed by atoms with Crippen LogP contribution in [0.5, 0.6) is 11.5 Å². The number of hydrogen-bond donors (Lipinski definition) is 1. The van der Waals surface area contributed by atoms with Crippen LogP contribution in [0.3, 0.4) is 0 Å². The Morgan fingerprint density at radius 2 is 1.69 bits per heavy atom. The van der Waals surface area contributed by atoms with Crippen molar-refractivity contribution in [1.29, 1.82) is 0 Å². The molecule has 156 valence electrons. The van der Waals surface area contributed by atoms with Crippen LogP contribution in [0.2, 0.25) is 0 Å². The Morgan fingerprint density at radius 1 is 1.00 bits per heavy atom. The van der Waals surface area contributed by atoms with Gasteiger partial charge >= 0.3 is 0 Å². The number of hydrogen-bond acceptors (Lipinski definition) is 5. The number of nitrogens with one attached hydrogen (secondary N) is 1. The average Bonchev–Trinajstić information content (AvgIpc) is 2.71. The van der Waals surface area contributed by atoms with Crippen LogP contribution < -0.4 is 14.2 Å². The lowest BCUT2D eigenvalue weighted by atomic mass is 9.76. The summed E-state index contributed by atoms with van der Waals surface area (Å²) < 4.78 is 43.5. The van der Waals surface area contributed by atoms with E-state index in [9.17, 15) is 8.42 Å². The van der Waals surface area contributed by atoms with E-state index >= 15 is 0 Å². The van der Waals surface area contributed by atoms with E-state index in [1.165, 1.54) is 12.0 Å². The highest BCUT2D eigenvalue weighted by Crippen LogP contribution is 2.49. The summed E-state index contributed by atoms with van der Waals surface area (Å²) in [7, 11) is -0.0707. The molecule has 3 atom stereocenters. The fraction of sp³-hybridized carbons (Fsp3) is 0.455. The van der Waals surface area contributed by atoms with Crippen LogP contribution >= 0.6 is 0 Å². The van der Waals surface area contributed by atoms with Crippen molar-refractivity contribution in [2.45, 2.75) is 43.8 Å². The molecule has 0 aromatic heterocycles. The predicted molar refractivity (Wildman–Crippen MR) is 112 cm³/mol. The van der Waals surface area contributed by atoms with E-state index in [4.69, 9.17) is 14.2 Å². The van der Waals surface area contributed by atoms with Gasteiger partial charge in [-0.3, -0.25) is 4.72 Å². The predicted octanol–water partition coefficient (Wildman–Crippen LogP) is 4.22. The maximum Gasteiger partial charge on any atom is 0.229 e. The molecule has 3 unspecified atom stereocenters. The Kier molecular flexibility index (Phi) is 5.44. The lowest BCUT2D eigenvalue weighted by molar-refractivity contribution is -0.0391. The number of methoxy groups -OCH3 is 2. The van der Waals surface area contributed by atoms with Gasteiger partial charge in [0.1, 0.15) is 6.10 Å². The summed E-state index contributed by atoms with van der Waals surface area (Å²) in [5.41, 5.74) is 3.74. The van der Waals surface area contributed by atoms with Gasteiger partial charge in [-0.05, 0) is 53.8 Å². The third-order valence-electron chi connectivity index (χ3n) is 5.78. The van der Waals surface area contributed by atoms with Crippen molar-refractivity contribution in [3.05, 3.63) is 53.1 Å². The summed E-state index contributed by atoms with van der Waals surface area (Å²) in [4.78, 5) is 0. The maximum atomic E-state index is 11.7. The van der Waals surface area contributed by atoms with Crippen molar-refractivity contribution in [3.8, 4) is 11.5 Å². The van der Waals surface area contributed by atoms with Crippen LogP contribution in [0, 0.1) is 0 Å². The Bertz CT molecular complexity index is 1000. The lowest BCUT2D eigenvalue weighted by Crippen LogP contribution is -2.33. The van der Waals surface area contributed by atoms with Gasteiger partial charge in [0.15, 0.2) is 11.5 Å². The largest absolute Gasteiger partial charge is 0.493 e. The highest BCUT2D eigenvalue weighted by molar-refractivity contribution is 7.92. The van der Waals surface area contributed by atoms with Gasteiger partial charge in [-0.15, -0.1) is 0 Å². The van der Waals surface area contributed by atoms with E-state index in [1.54, 1.807) is 20.3 Å². The molecule has 0 radical (unpaired) electrons. The van der Waals surface area contributed by atoms with Gasteiger partial charge in [-0.25, -0.2) is 8.42 Å². The van der Waals surface area contributed by atoms with Gasteiger partial charge < -0.3 is 14.2 Å². The molecule has 1 fully saturated rings. The molecule has 29 heavy (non-hydrogen) atoms. The zero-order chi connectivity index (χ0) is 20.6. The van der Waals surface area contributed by atoms with Crippen LogP contribution in [-0.4, -0.2) is 35.0 Å². The fourth-order valence-electron chi connectivity index (χ4n) is 4.56. The van der Waals surface area contributed by atoms with Crippen molar-refractivity contribution >= 4 is 15.7 Å². The maximum absolute atomic E-state index is 11.7. The average molecular weight is 418 g/mol. The number of benzene rings is 2. The summed E-state index contributed by atoms with van der Waals surface area (Å²) in [6, 6.07) is 11.5. The van der Waals surface area contributed by atoms with Crippen LogP contribution in [0.4, 0.5) is 5.69 Å². The second-order valence-corrected chi connectivity index (χ2v) is 9.53. The van der Waals surface area contributed by atoms with E-state index in [-0.39, 0.29) is 12.2 Å². The van der Waals surface area contributed by atoms with Crippen molar-refractivity contribution in [2.75, 3.05) is 25.2 Å². The highest BCUT2D eigenvalue weighted by atomic mass is 32.2. The number of anilines is 1. The van der Waals surface area contributed by atoms with Gasteiger partial charge in [0.2, 0.25) is 10.0 Å². The molecular weight excluding hydrogens is 390 g/mol. The summed E-state index contributed by atoms with van der Waals surface area (Å²) in [6.07, 6.45) is 5.47. The molecule has 2 aromatic carbocycles. The van der Waals surface area contributed by atoms with E-state index in [0.29, 0.717) is 17.4 Å². The molecule has 1 aliphatic carbocycles. The molecule has 7 heteroatoms. The van der Waals surface area contributed by atoms with Gasteiger partial charge in [0.05, 0.1) is 26.6 Å². The minimum atomic E-state index is -3.35. The number of fused-ring (bicyclic) bond motifs is 3. The molecular formula is C22H27NO5S. The second kappa shape index (κ2) is 7.88. The normalized spacial score (nSPS) is 23.6. The fourth-order valence-corrected chi connectivity index (χ4v) is 5.11. The zero-order valence-corrected chi connectivity index (χ0v) is 17.8. The van der Waals surface area contributed by atoms with E-state index in [2.05, 4.69) is 10.8 Å². The second-order valence-electron chi connectivity index (χ2n) is 7.78. The molecule has 6 nitrogen and oxygen atoms in total. The molecule has 1 heterocycles. The minimum Gasteiger partial charge on any atom is -0.493 e. The molecule has 2 aromatic rings. The van der Waals surface area contributed by atoms with Crippen molar-refractivity contribution in [1.82, 2.24) is 0 Å². The van der Waals surface area contributed by atoms with Crippen molar-refractivity contribution < 1.29 is 22.6 Å². The standard InChI is InChI=1S/C22H27NO5S/c1-26-20-12-17-16-9-4-5-10-19(16)28-22(18(17)13-21(20)27-2)14-7-6-8-15(11-14)23-29(3,24)25/h6-8,11-13,16,19,22-23H,4-5,9-10H2,1-3H3. The van der Waals surface area contributed by atoms with Crippen LogP contribution in [0.15, 0.2) is 36.4 Å². The molecule has 0 spiro atoms.